The molecule has 0 spiro atoms. The Labute approximate surface area is 97.8 Å². The van der Waals surface area contributed by atoms with E-state index in [2.05, 4.69) is 50.4 Å². The molecule has 0 bridgehead atoms. The van der Waals surface area contributed by atoms with Gasteiger partial charge in [0.1, 0.15) is 0 Å². The van der Waals surface area contributed by atoms with Crippen molar-refractivity contribution in [1.82, 2.24) is 10.2 Å². The molecule has 0 atom stereocenters. The topological polar surface area (TPSA) is 28.7 Å². The van der Waals surface area contributed by atoms with Gasteiger partial charge in [-0.15, -0.1) is 0 Å². The molecule has 0 saturated carbocycles. The normalized spacial score (nSPS) is 10.5. The van der Waals surface area contributed by atoms with Gasteiger partial charge < -0.3 is 0 Å². The number of aromatic nitrogens is 2. The van der Waals surface area contributed by atoms with E-state index in [-0.39, 0.29) is 0 Å². The van der Waals surface area contributed by atoms with E-state index in [4.69, 9.17) is 0 Å². The zero-order chi connectivity index (χ0) is 10.7. The van der Waals surface area contributed by atoms with E-state index in [1.807, 2.05) is 13.0 Å². The summed E-state index contributed by atoms with van der Waals surface area (Å²) in [5, 5.41) is 7.17. The van der Waals surface area contributed by atoms with Crippen molar-refractivity contribution in [3.63, 3.8) is 0 Å². The van der Waals surface area contributed by atoms with Crippen LogP contribution in [0.25, 0.3) is 0 Å². The van der Waals surface area contributed by atoms with Gasteiger partial charge in [0.2, 0.25) is 0 Å². The van der Waals surface area contributed by atoms with Crippen molar-refractivity contribution in [2.45, 2.75) is 19.8 Å². The number of rotatable bonds is 3. The van der Waals surface area contributed by atoms with Gasteiger partial charge in [0.05, 0.1) is 5.69 Å². The SMILES string of the molecule is Cc1cc(CCc2cccc(Br)c2)n[nH]1. The van der Waals surface area contributed by atoms with E-state index in [0.29, 0.717) is 0 Å². The van der Waals surface area contributed by atoms with Gasteiger partial charge in [-0.25, -0.2) is 0 Å². The maximum Gasteiger partial charge on any atom is 0.0628 e. The van der Waals surface area contributed by atoms with Crippen molar-refractivity contribution in [3.8, 4) is 0 Å². The molecule has 0 radical (unpaired) electrons. The molecule has 2 aromatic rings. The summed E-state index contributed by atoms with van der Waals surface area (Å²) in [5.41, 5.74) is 3.59. The van der Waals surface area contributed by atoms with E-state index in [1.54, 1.807) is 0 Å². The Kier molecular flexibility index (Phi) is 3.21. The second kappa shape index (κ2) is 4.62. The molecule has 1 heterocycles. The Morgan fingerprint density at radius 2 is 2.13 bits per heavy atom. The summed E-state index contributed by atoms with van der Waals surface area (Å²) in [6, 6.07) is 10.5. The number of halogens is 1. The first kappa shape index (κ1) is 10.4. The maximum atomic E-state index is 4.22. The summed E-state index contributed by atoms with van der Waals surface area (Å²) < 4.78 is 1.14. The molecular formula is C12H13BrN2. The molecule has 0 aliphatic rings. The lowest BCUT2D eigenvalue weighted by molar-refractivity contribution is 0.889. The molecule has 0 fully saturated rings. The lowest BCUT2D eigenvalue weighted by atomic mass is 10.1. The second-order valence-corrected chi connectivity index (χ2v) is 4.59. The molecule has 3 heteroatoms. The zero-order valence-corrected chi connectivity index (χ0v) is 10.2. The molecule has 0 aliphatic heterocycles. The molecule has 1 aromatic heterocycles. The monoisotopic (exact) mass is 264 g/mol. The largest absolute Gasteiger partial charge is 0.283 e. The summed E-state index contributed by atoms with van der Waals surface area (Å²) >= 11 is 3.47. The minimum absolute atomic E-state index is 0.987. The molecule has 15 heavy (non-hydrogen) atoms. The van der Waals surface area contributed by atoms with E-state index < -0.39 is 0 Å². The van der Waals surface area contributed by atoms with Crippen LogP contribution in [0.1, 0.15) is 17.0 Å². The third-order valence-electron chi connectivity index (χ3n) is 2.32. The third-order valence-corrected chi connectivity index (χ3v) is 2.81. The first-order chi connectivity index (χ1) is 7.24. The second-order valence-electron chi connectivity index (χ2n) is 3.67. The molecule has 0 aliphatic carbocycles. The molecule has 0 saturated heterocycles. The Balaban J connectivity index is 1.99. The fourth-order valence-electron chi connectivity index (χ4n) is 1.57. The van der Waals surface area contributed by atoms with Gasteiger partial charge >= 0.3 is 0 Å². The van der Waals surface area contributed by atoms with Gasteiger partial charge in [-0.05, 0) is 43.5 Å². The molecule has 1 N–H and O–H groups in total. The van der Waals surface area contributed by atoms with Crippen LogP contribution in [0.15, 0.2) is 34.8 Å². The average Bonchev–Trinajstić information content (AvgIpc) is 2.62. The van der Waals surface area contributed by atoms with Crippen molar-refractivity contribution in [3.05, 3.63) is 51.8 Å². The average molecular weight is 265 g/mol. The predicted molar refractivity (Wildman–Crippen MR) is 64.9 cm³/mol. The Morgan fingerprint density at radius 3 is 2.80 bits per heavy atom. The van der Waals surface area contributed by atoms with Gasteiger partial charge in [0, 0.05) is 10.2 Å². The molecule has 1 aromatic carbocycles. The predicted octanol–water partition coefficient (Wildman–Crippen LogP) is 3.27. The van der Waals surface area contributed by atoms with Crippen molar-refractivity contribution in [2.75, 3.05) is 0 Å². The summed E-state index contributed by atoms with van der Waals surface area (Å²) in [6.45, 7) is 2.02. The van der Waals surface area contributed by atoms with Crippen molar-refractivity contribution >= 4 is 15.9 Å². The highest BCUT2D eigenvalue weighted by atomic mass is 79.9. The zero-order valence-electron chi connectivity index (χ0n) is 8.63. The summed E-state index contributed by atoms with van der Waals surface area (Å²) in [4.78, 5) is 0. The Hall–Kier alpha value is -1.09. The molecule has 0 unspecified atom stereocenters. The standard InChI is InChI=1S/C12H13BrN2/c1-9-7-12(15-14-9)6-5-10-3-2-4-11(13)8-10/h2-4,7-8H,5-6H2,1H3,(H,14,15). The number of hydrogen-bond acceptors (Lipinski definition) is 1. The van der Waals surface area contributed by atoms with Crippen molar-refractivity contribution < 1.29 is 0 Å². The molecule has 0 amide bonds. The smallest absolute Gasteiger partial charge is 0.0628 e. The number of hydrogen-bond donors (Lipinski definition) is 1. The number of aromatic amines is 1. The van der Waals surface area contributed by atoms with Crippen molar-refractivity contribution in [2.24, 2.45) is 0 Å². The lowest BCUT2D eigenvalue weighted by Gasteiger charge is -1.99. The molecule has 2 nitrogen and oxygen atoms in total. The fraction of sp³-hybridized carbons (Fsp3) is 0.250. The van der Waals surface area contributed by atoms with Crippen LogP contribution in [-0.4, -0.2) is 10.2 Å². The summed E-state index contributed by atoms with van der Waals surface area (Å²) in [6.07, 6.45) is 2.02. The Morgan fingerprint density at radius 1 is 1.27 bits per heavy atom. The van der Waals surface area contributed by atoms with E-state index >= 15 is 0 Å². The van der Waals surface area contributed by atoms with Gasteiger partial charge in [0.25, 0.3) is 0 Å². The Bertz CT molecular complexity index is 448. The minimum Gasteiger partial charge on any atom is -0.283 e. The maximum absolute atomic E-state index is 4.22. The number of nitrogens with zero attached hydrogens (tertiary/aromatic N) is 1. The summed E-state index contributed by atoms with van der Waals surface area (Å²) in [7, 11) is 0. The van der Waals surface area contributed by atoms with E-state index in [1.165, 1.54) is 5.56 Å². The van der Waals surface area contributed by atoms with Crippen molar-refractivity contribution in [1.29, 1.82) is 0 Å². The highest BCUT2D eigenvalue weighted by molar-refractivity contribution is 9.10. The van der Waals surface area contributed by atoms with Crippen LogP contribution in [0.2, 0.25) is 0 Å². The molecule has 78 valence electrons. The van der Waals surface area contributed by atoms with Crippen LogP contribution in [-0.2, 0) is 12.8 Å². The van der Waals surface area contributed by atoms with E-state index in [0.717, 1.165) is 28.7 Å². The first-order valence-electron chi connectivity index (χ1n) is 4.99. The number of benzene rings is 1. The van der Waals surface area contributed by atoms with Gasteiger partial charge in [-0.1, -0.05) is 28.1 Å². The minimum atomic E-state index is 0.987. The lowest BCUT2D eigenvalue weighted by Crippen LogP contribution is -1.91. The summed E-state index contributed by atoms with van der Waals surface area (Å²) in [5.74, 6) is 0. The van der Waals surface area contributed by atoms with Crippen LogP contribution < -0.4 is 0 Å². The number of H-pyrrole nitrogens is 1. The van der Waals surface area contributed by atoms with Crippen LogP contribution in [0.3, 0.4) is 0 Å². The fourth-order valence-corrected chi connectivity index (χ4v) is 2.01. The van der Waals surface area contributed by atoms with E-state index in [9.17, 15) is 0 Å². The van der Waals surface area contributed by atoms with Crippen LogP contribution in [0, 0.1) is 6.92 Å². The molecule has 2 rings (SSSR count). The van der Waals surface area contributed by atoms with Crippen LogP contribution in [0.5, 0.6) is 0 Å². The third kappa shape index (κ3) is 2.93. The van der Waals surface area contributed by atoms with Gasteiger partial charge in [-0.2, -0.15) is 5.10 Å². The number of aryl methyl sites for hydroxylation is 3. The first-order valence-corrected chi connectivity index (χ1v) is 5.79. The quantitative estimate of drug-likeness (QED) is 0.906. The number of nitrogens with one attached hydrogen (secondary N) is 1. The van der Waals surface area contributed by atoms with Gasteiger partial charge in [-0.3, -0.25) is 5.10 Å². The highest BCUT2D eigenvalue weighted by Crippen LogP contribution is 2.13. The highest BCUT2D eigenvalue weighted by Gasteiger charge is 1.99. The molecular weight excluding hydrogens is 252 g/mol. The van der Waals surface area contributed by atoms with Crippen LogP contribution >= 0.6 is 15.9 Å². The van der Waals surface area contributed by atoms with Gasteiger partial charge in [0.15, 0.2) is 0 Å². The van der Waals surface area contributed by atoms with Crippen LogP contribution in [0.4, 0.5) is 0 Å².